The Labute approximate surface area is 232 Å². The standard InChI is InChI=1S/C24H22F6N6O6/c1-2-41-23(40)21(38)32-17-6-8-35(22(39)19(17)27)7-5-14(25)11-36-12-18(33-34-36)20(37)31-10-13-9-15(3-4-16(13)26)42-24(28,29)30/h3-4,6,8-9,12,14H,2,5,7,10-11H2,1H3,(H,31,37)(H,32,38). The van der Waals surface area contributed by atoms with Gasteiger partial charge in [0, 0.05) is 24.8 Å². The summed E-state index contributed by atoms with van der Waals surface area (Å²) < 4.78 is 90.0. The molecule has 1 atom stereocenters. The van der Waals surface area contributed by atoms with E-state index < -0.39 is 72.0 Å². The van der Waals surface area contributed by atoms with Gasteiger partial charge in [0.2, 0.25) is 5.82 Å². The fraction of sp³-hybridized carbons (Fsp3) is 0.333. The maximum atomic E-state index is 14.6. The number of anilines is 1. The van der Waals surface area contributed by atoms with Crippen LogP contribution in [0.5, 0.6) is 5.75 Å². The van der Waals surface area contributed by atoms with Crippen molar-refractivity contribution in [3.8, 4) is 5.75 Å². The predicted molar refractivity (Wildman–Crippen MR) is 130 cm³/mol. The highest BCUT2D eigenvalue weighted by atomic mass is 19.4. The highest BCUT2D eigenvalue weighted by molar-refractivity contribution is 6.37. The SMILES string of the molecule is CCOC(=O)C(=O)Nc1ccn(CCC(F)Cn2cc(C(=O)NCc3cc(OC(F)(F)F)ccc3F)nn2)c(=O)c1F. The molecule has 3 aromatic rings. The molecule has 226 valence electrons. The number of halogens is 6. The molecular formula is C24H22F6N6O6. The van der Waals surface area contributed by atoms with Gasteiger partial charge in [0.05, 0.1) is 25.0 Å². The van der Waals surface area contributed by atoms with Crippen LogP contribution in [0.25, 0.3) is 0 Å². The first-order valence-corrected chi connectivity index (χ1v) is 12.0. The Morgan fingerprint density at radius 2 is 1.88 bits per heavy atom. The number of nitrogens with one attached hydrogen (secondary N) is 2. The second-order valence-corrected chi connectivity index (χ2v) is 8.41. The van der Waals surface area contributed by atoms with Crippen LogP contribution >= 0.6 is 0 Å². The normalized spacial score (nSPS) is 12.0. The van der Waals surface area contributed by atoms with Gasteiger partial charge >= 0.3 is 18.2 Å². The van der Waals surface area contributed by atoms with Crippen molar-refractivity contribution in [2.45, 2.75) is 45.5 Å². The Balaban J connectivity index is 1.53. The van der Waals surface area contributed by atoms with Crippen molar-refractivity contribution in [1.82, 2.24) is 24.9 Å². The van der Waals surface area contributed by atoms with Crippen molar-refractivity contribution in [3.63, 3.8) is 0 Å². The first-order valence-electron chi connectivity index (χ1n) is 12.0. The van der Waals surface area contributed by atoms with Crippen molar-refractivity contribution in [2.24, 2.45) is 0 Å². The number of aryl methyl sites for hydroxylation is 1. The number of aromatic nitrogens is 4. The van der Waals surface area contributed by atoms with Gasteiger partial charge in [0.25, 0.3) is 11.5 Å². The van der Waals surface area contributed by atoms with Crippen LogP contribution in [0.2, 0.25) is 0 Å². The van der Waals surface area contributed by atoms with E-state index in [9.17, 15) is 45.5 Å². The van der Waals surface area contributed by atoms with Crippen LogP contribution in [-0.4, -0.2) is 56.5 Å². The third-order valence-electron chi connectivity index (χ3n) is 5.35. The van der Waals surface area contributed by atoms with E-state index in [4.69, 9.17) is 0 Å². The van der Waals surface area contributed by atoms with E-state index in [-0.39, 0.29) is 30.8 Å². The Morgan fingerprint density at radius 3 is 2.57 bits per heavy atom. The molecule has 0 saturated heterocycles. The van der Waals surface area contributed by atoms with Crippen LogP contribution in [0.1, 0.15) is 29.4 Å². The Hall–Kier alpha value is -4.90. The highest BCUT2D eigenvalue weighted by Gasteiger charge is 2.31. The first-order chi connectivity index (χ1) is 19.8. The molecule has 2 heterocycles. The highest BCUT2D eigenvalue weighted by Crippen LogP contribution is 2.24. The Bertz CT molecular complexity index is 1510. The predicted octanol–water partition coefficient (Wildman–Crippen LogP) is 2.48. The molecular weight excluding hydrogens is 582 g/mol. The minimum Gasteiger partial charge on any atom is -0.459 e. The number of carbonyl (C=O) groups is 3. The molecule has 12 nitrogen and oxygen atoms in total. The van der Waals surface area contributed by atoms with Gasteiger partial charge in [-0.15, -0.1) is 18.3 Å². The molecule has 0 fully saturated rings. The van der Waals surface area contributed by atoms with Crippen molar-refractivity contribution < 1.29 is 50.2 Å². The van der Waals surface area contributed by atoms with Gasteiger partial charge in [0.1, 0.15) is 17.7 Å². The van der Waals surface area contributed by atoms with Crippen LogP contribution < -0.4 is 20.9 Å². The minimum atomic E-state index is -4.99. The minimum absolute atomic E-state index is 0.0901. The molecule has 1 unspecified atom stereocenters. The molecule has 2 amide bonds. The van der Waals surface area contributed by atoms with Crippen molar-refractivity contribution in [2.75, 3.05) is 11.9 Å². The Kier molecular flexibility index (Phi) is 10.3. The van der Waals surface area contributed by atoms with E-state index >= 15 is 0 Å². The number of carbonyl (C=O) groups excluding carboxylic acids is 3. The number of ether oxygens (including phenoxy) is 2. The van der Waals surface area contributed by atoms with E-state index in [0.29, 0.717) is 0 Å². The number of nitrogens with zero attached hydrogens (tertiary/aromatic N) is 4. The molecule has 0 aliphatic rings. The molecule has 3 rings (SSSR count). The zero-order valence-electron chi connectivity index (χ0n) is 21.6. The average Bonchev–Trinajstić information content (AvgIpc) is 3.38. The summed E-state index contributed by atoms with van der Waals surface area (Å²) in [5, 5.41) is 11.3. The Morgan fingerprint density at radius 1 is 1.14 bits per heavy atom. The monoisotopic (exact) mass is 604 g/mol. The number of pyridine rings is 1. The number of rotatable bonds is 11. The van der Waals surface area contributed by atoms with E-state index in [1.165, 1.54) is 6.92 Å². The summed E-state index contributed by atoms with van der Waals surface area (Å²) in [7, 11) is 0. The molecule has 18 heteroatoms. The number of benzene rings is 1. The van der Waals surface area contributed by atoms with E-state index in [1.807, 2.05) is 5.32 Å². The lowest BCUT2D eigenvalue weighted by Crippen LogP contribution is -2.29. The average molecular weight is 604 g/mol. The molecule has 0 aliphatic carbocycles. The quantitative estimate of drug-likeness (QED) is 0.193. The smallest absolute Gasteiger partial charge is 0.459 e. The number of hydrogen-bond acceptors (Lipinski definition) is 8. The zero-order chi connectivity index (χ0) is 31.0. The summed E-state index contributed by atoms with van der Waals surface area (Å²) in [6.45, 7) is 0.146. The maximum Gasteiger partial charge on any atom is 0.573 e. The summed E-state index contributed by atoms with van der Waals surface area (Å²) in [6, 6.07) is 3.27. The summed E-state index contributed by atoms with van der Waals surface area (Å²) in [5.74, 6) is -6.39. The van der Waals surface area contributed by atoms with Crippen molar-refractivity contribution >= 4 is 23.5 Å². The molecule has 0 radical (unpaired) electrons. The number of esters is 1. The van der Waals surface area contributed by atoms with Crippen molar-refractivity contribution in [1.29, 1.82) is 0 Å². The fourth-order valence-corrected chi connectivity index (χ4v) is 3.40. The molecule has 1 aromatic carbocycles. The molecule has 0 saturated carbocycles. The maximum absolute atomic E-state index is 14.6. The second-order valence-electron chi connectivity index (χ2n) is 8.41. The number of amides is 2. The third-order valence-corrected chi connectivity index (χ3v) is 5.35. The summed E-state index contributed by atoms with van der Waals surface area (Å²) in [4.78, 5) is 47.5. The zero-order valence-corrected chi connectivity index (χ0v) is 21.6. The fourth-order valence-electron chi connectivity index (χ4n) is 3.40. The molecule has 0 aliphatic heterocycles. The van der Waals surface area contributed by atoms with Gasteiger partial charge in [-0.05, 0) is 37.6 Å². The summed E-state index contributed by atoms with van der Waals surface area (Å²) in [6.07, 6.45) is -4.79. The lowest BCUT2D eigenvalue weighted by molar-refractivity contribution is -0.274. The molecule has 2 N–H and O–H groups in total. The molecule has 42 heavy (non-hydrogen) atoms. The van der Waals surface area contributed by atoms with Gasteiger partial charge in [-0.1, -0.05) is 5.21 Å². The van der Waals surface area contributed by atoms with Gasteiger partial charge in [-0.3, -0.25) is 14.4 Å². The lowest BCUT2D eigenvalue weighted by atomic mass is 10.2. The summed E-state index contributed by atoms with van der Waals surface area (Å²) >= 11 is 0. The third kappa shape index (κ3) is 8.80. The van der Waals surface area contributed by atoms with E-state index in [1.54, 1.807) is 0 Å². The van der Waals surface area contributed by atoms with Crippen LogP contribution in [0.4, 0.5) is 32.0 Å². The topological polar surface area (TPSA) is 146 Å². The van der Waals surface area contributed by atoms with Crippen LogP contribution in [0, 0.1) is 11.6 Å². The van der Waals surface area contributed by atoms with Gasteiger partial charge in [-0.25, -0.2) is 18.3 Å². The summed E-state index contributed by atoms with van der Waals surface area (Å²) in [5.41, 5.74) is -2.36. The van der Waals surface area contributed by atoms with Gasteiger partial charge in [0.15, 0.2) is 5.69 Å². The van der Waals surface area contributed by atoms with E-state index in [0.717, 1.165) is 45.9 Å². The largest absolute Gasteiger partial charge is 0.573 e. The first kappa shape index (κ1) is 31.6. The molecule has 0 bridgehead atoms. The molecule has 0 spiro atoms. The van der Waals surface area contributed by atoms with Gasteiger partial charge in [-0.2, -0.15) is 4.39 Å². The molecule has 2 aromatic heterocycles. The number of alkyl halides is 4. The van der Waals surface area contributed by atoms with E-state index in [2.05, 4.69) is 25.1 Å². The van der Waals surface area contributed by atoms with Crippen LogP contribution in [-0.2, 0) is 34.0 Å². The van der Waals surface area contributed by atoms with Crippen LogP contribution in [0.15, 0.2) is 41.5 Å². The van der Waals surface area contributed by atoms with Crippen molar-refractivity contribution in [3.05, 3.63) is 69.9 Å². The van der Waals surface area contributed by atoms with Gasteiger partial charge < -0.3 is 24.7 Å². The lowest BCUT2D eigenvalue weighted by Gasteiger charge is -2.11. The van der Waals surface area contributed by atoms with Crippen LogP contribution in [0.3, 0.4) is 0 Å². The number of hydrogen-bond donors (Lipinski definition) is 2. The second kappa shape index (κ2) is 13.6.